The van der Waals surface area contributed by atoms with Crippen molar-refractivity contribution in [2.45, 2.75) is 13.0 Å². The number of rotatable bonds is 4. The molecular weight excluding hydrogens is 270 g/mol. The van der Waals surface area contributed by atoms with Gasteiger partial charge < -0.3 is 15.3 Å². The molecule has 7 heteroatoms. The first-order valence-corrected chi connectivity index (χ1v) is 6.15. The van der Waals surface area contributed by atoms with Crippen LogP contribution in [-0.2, 0) is 11.3 Å². The number of halogens is 2. The Hall–Kier alpha value is -2.18. The van der Waals surface area contributed by atoms with Gasteiger partial charge in [0.15, 0.2) is 0 Å². The number of benzene rings is 1. The van der Waals surface area contributed by atoms with Gasteiger partial charge in [-0.2, -0.15) is 0 Å². The summed E-state index contributed by atoms with van der Waals surface area (Å²) in [7, 11) is 0. The molecule has 2 N–H and O–H groups in total. The molecule has 1 unspecified atom stereocenters. The molecule has 5 nitrogen and oxygen atoms in total. The lowest BCUT2D eigenvalue weighted by atomic mass is 10.0. The molecule has 1 saturated heterocycles. The standard InChI is InChI=1S/C13H14F2N2O3/c14-10-2-1-3-11(15)9(10)7-17-6-8(4-12(18)19)5-16-13(17)20/h1-3,8H,4-7H2,(H,16,20)(H,18,19). The van der Waals surface area contributed by atoms with E-state index >= 15 is 0 Å². The van der Waals surface area contributed by atoms with Crippen LogP contribution in [0.2, 0.25) is 0 Å². The lowest BCUT2D eigenvalue weighted by molar-refractivity contribution is -0.138. The van der Waals surface area contributed by atoms with Crippen molar-refractivity contribution in [1.29, 1.82) is 0 Å². The van der Waals surface area contributed by atoms with Crippen molar-refractivity contribution in [2.24, 2.45) is 5.92 Å². The van der Waals surface area contributed by atoms with Crippen molar-refractivity contribution in [3.8, 4) is 0 Å². The fourth-order valence-corrected chi connectivity index (χ4v) is 2.20. The molecule has 1 aromatic carbocycles. The first-order valence-electron chi connectivity index (χ1n) is 6.15. The zero-order valence-corrected chi connectivity index (χ0v) is 10.6. The predicted octanol–water partition coefficient (Wildman–Crippen LogP) is 1.58. The quantitative estimate of drug-likeness (QED) is 0.882. The number of urea groups is 1. The minimum atomic E-state index is -0.969. The van der Waals surface area contributed by atoms with Crippen LogP contribution in [0.25, 0.3) is 0 Å². The van der Waals surface area contributed by atoms with Crippen LogP contribution in [0.1, 0.15) is 12.0 Å². The van der Waals surface area contributed by atoms with E-state index in [1.165, 1.54) is 11.0 Å². The number of carboxylic acid groups (broad SMARTS) is 1. The number of carbonyl (C=O) groups is 2. The van der Waals surface area contributed by atoms with Crippen molar-refractivity contribution in [3.05, 3.63) is 35.4 Å². The van der Waals surface area contributed by atoms with Gasteiger partial charge in [-0.1, -0.05) is 6.07 Å². The van der Waals surface area contributed by atoms with Gasteiger partial charge in [-0.15, -0.1) is 0 Å². The Labute approximate surface area is 114 Å². The van der Waals surface area contributed by atoms with Crippen LogP contribution in [0, 0.1) is 17.6 Å². The van der Waals surface area contributed by atoms with Crippen LogP contribution in [-0.4, -0.2) is 35.1 Å². The molecule has 0 aliphatic carbocycles. The van der Waals surface area contributed by atoms with Crippen molar-refractivity contribution >= 4 is 12.0 Å². The molecule has 1 aromatic rings. The molecule has 0 aromatic heterocycles. The molecule has 0 radical (unpaired) electrons. The maximum absolute atomic E-state index is 13.5. The van der Waals surface area contributed by atoms with Gasteiger partial charge >= 0.3 is 12.0 Å². The zero-order valence-electron chi connectivity index (χ0n) is 10.6. The maximum Gasteiger partial charge on any atom is 0.317 e. The van der Waals surface area contributed by atoms with E-state index in [9.17, 15) is 18.4 Å². The number of nitrogens with zero attached hydrogens (tertiary/aromatic N) is 1. The van der Waals surface area contributed by atoms with Crippen LogP contribution < -0.4 is 5.32 Å². The summed E-state index contributed by atoms with van der Waals surface area (Å²) in [6.45, 7) is 0.188. The third kappa shape index (κ3) is 3.23. The van der Waals surface area contributed by atoms with Gasteiger partial charge in [0.2, 0.25) is 0 Å². The van der Waals surface area contributed by atoms with Gasteiger partial charge in [0.05, 0.1) is 13.0 Å². The SMILES string of the molecule is O=C(O)CC1CNC(=O)N(Cc2c(F)cccc2F)C1. The van der Waals surface area contributed by atoms with E-state index in [4.69, 9.17) is 5.11 Å². The number of nitrogens with one attached hydrogen (secondary N) is 1. The van der Waals surface area contributed by atoms with E-state index in [-0.39, 0.29) is 37.5 Å². The first-order chi connectivity index (χ1) is 9.47. The molecule has 1 aliphatic rings. The summed E-state index contributed by atoms with van der Waals surface area (Å²) >= 11 is 0. The largest absolute Gasteiger partial charge is 0.481 e. The van der Waals surface area contributed by atoms with Crippen molar-refractivity contribution in [2.75, 3.05) is 13.1 Å². The van der Waals surface area contributed by atoms with E-state index in [2.05, 4.69) is 5.32 Å². The van der Waals surface area contributed by atoms with Crippen LogP contribution in [0.15, 0.2) is 18.2 Å². The second kappa shape index (κ2) is 5.85. The third-order valence-corrected chi connectivity index (χ3v) is 3.18. The molecule has 20 heavy (non-hydrogen) atoms. The summed E-state index contributed by atoms with van der Waals surface area (Å²) in [6, 6.07) is 3.04. The summed E-state index contributed by atoms with van der Waals surface area (Å²) in [4.78, 5) is 23.6. The number of hydrogen-bond acceptors (Lipinski definition) is 2. The lowest BCUT2D eigenvalue weighted by Gasteiger charge is -2.32. The Bertz CT molecular complexity index is 516. The molecule has 108 valence electrons. The Balaban J connectivity index is 2.10. The van der Waals surface area contributed by atoms with Gasteiger partial charge in [-0.05, 0) is 12.1 Å². The predicted molar refractivity (Wildman–Crippen MR) is 65.9 cm³/mol. The van der Waals surface area contributed by atoms with Gasteiger partial charge in [0, 0.05) is 24.6 Å². The summed E-state index contributed by atoms with van der Waals surface area (Å²) in [5.74, 6) is -2.69. The van der Waals surface area contributed by atoms with Crippen LogP contribution in [0.4, 0.5) is 13.6 Å². The molecule has 0 saturated carbocycles. The molecule has 0 bridgehead atoms. The molecule has 1 heterocycles. The average molecular weight is 284 g/mol. The number of carbonyl (C=O) groups excluding carboxylic acids is 1. The van der Waals surface area contributed by atoms with Gasteiger partial charge in [0.25, 0.3) is 0 Å². The highest BCUT2D eigenvalue weighted by Gasteiger charge is 2.28. The molecule has 0 spiro atoms. The lowest BCUT2D eigenvalue weighted by Crippen LogP contribution is -2.51. The molecule has 2 amide bonds. The second-order valence-corrected chi connectivity index (χ2v) is 4.73. The van der Waals surface area contributed by atoms with E-state index in [0.717, 1.165) is 12.1 Å². The third-order valence-electron chi connectivity index (χ3n) is 3.18. The fourth-order valence-electron chi connectivity index (χ4n) is 2.20. The molecule has 2 rings (SSSR count). The summed E-state index contributed by atoms with van der Waals surface area (Å²) in [6.07, 6.45) is -0.101. The number of aliphatic carboxylic acids is 1. The Morgan fingerprint density at radius 3 is 2.65 bits per heavy atom. The van der Waals surface area contributed by atoms with E-state index < -0.39 is 23.6 Å². The summed E-state index contributed by atoms with van der Waals surface area (Å²) in [5.41, 5.74) is -0.196. The number of hydrogen-bond donors (Lipinski definition) is 2. The maximum atomic E-state index is 13.5. The Morgan fingerprint density at radius 1 is 1.40 bits per heavy atom. The van der Waals surface area contributed by atoms with Gasteiger partial charge in [-0.25, -0.2) is 13.6 Å². The fraction of sp³-hybridized carbons (Fsp3) is 0.385. The molecular formula is C13H14F2N2O3. The molecule has 1 atom stereocenters. The molecule has 1 fully saturated rings. The number of carboxylic acids is 1. The van der Waals surface area contributed by atoms with Crippen molar-refractivity contribution < 1.29 is 23.5 Å². The van der Waals surface area contributed by atoms with Gasteiger partial charge in [0.1, 0.15) is 11.6 Å². The zero-order chi connectivity index (χ0) is 14.7. The average Bonchev–Trinajstić information content (AvgIpc) is 2.37. The molecule has 1 aliphatic heterocycles. The summed E-state index contributed by atoms with van der Waals surface area (Å²) in [5, 5.41) is 11.3. The van der Waals surface area contributed by atoms with Crippen molar-refractivity contribution in [1.82, 2.24) is 10.2 Å². The topological polar surface area (TPSA) is 69.6 Å². The smallest absolute Gasteiger partial charge is 0.317 e. The van der Waals surface area contributed by atoms with Gasteiger partial charge in [-0.3, -0.25) is 4.79 Å². The number of amides is 2. The van der Waals surface area contributed by atoms with Crippen molar-refractivity contribution in [3.63, 3.8) is 0 Å². The Morgan fingerprint density at radius 2 is 2.05 bits per heavy atom. The first kappa shape index (κ1) is 14.2. The summed E-state index contributed by atoms with van der Waals surface area (Å²) < 4.78 is 27.1. The van der Waals surface area contributed by atoms with Crippen LogP contribution in [0.5, 0.6) is 0 Å². The van der Waals surface area contributed by atoms with Crippen LogP contribution >= 0.6 is 0 Å². The Kier molecular flexibility index (Phi) is 4.16. The highest BCUT2D eigenvalue weighted by molar-refractivity contribution is 5.75. The minimum Gasteiger partial charge on any atom is -0.481 e. The van der Waals surface area contributed by atoms with E-state index in [1.807, 2.05) is 0 Å². The second-order valence-electron chi connectivity index (χ2n) is 4.73. The van der Waals surface area contributed by atoms with E-state index in [1.54, 1.807) is 0 Å². The monoisotopic (exact) mass is 284 g/mol. The highest BCUT2D eigenvalue weighted by Crippen LogP contribution is 2.18. The normalized spacial score (nSPS) is 18.8. The van der Waals surface area contributed by atoms with Crippen LogP contribution in [0.3, 0.4) is 0 Å². The van der Waals surface area contributed by atoms with E-state index in [0.29, 0.717) is 0 Å². The highest BCUT2D eigenvalue weighted by atomic mass is 19.1. The minimum absolute atomic E-state index is 0.101.